The van der Waals surface area contributed by atoms with E-state index in [1.54, 1.807) is 18.1 Å². The highest BCUT2D eigenvalue weighted by molar-refractivity contribution is 5.85. The Labute approximate surface area is 206 Å². The minimum atomic E-state index is -0.363. The molecular weight excluding hydrogens is 442 g/mol. The number of carbonyl (C=O) groups excluding carboxylic acids is 2. The summed E-state index contributed by atoms with van der Waals surface area (Å²) >= 11 is 0. The molecule has 3 atom stereocenters. The van der Waals surface area contributed by atoms with Crippen molar-refractivity contribution in [1.29, 1.82) is 0 Å². The van der Waals surface area contributed by atoms with E-state index in [0.29, 0.717) is 25.1 Å². The van der Waals surface area contributed by atoms with Crippen LogP contribution in [0.4, 0.5) is 0 Å². The minimum absolute atomic E-state index is 0.0530. The summed E-state index contributed by atoms with van der Waals surface area (Å²) in [6, 6.07) is 15.0. The van der Waals surface area contributed by atoms with E-state index in [-0.39, 0.29) is 29.8 Å². The summed E-state index contributed by atoms with van der Waals surface area (Å²) in [6.45, 7) is 4.71. The number of nitrogens with zero attached hydrogens (tertiary/aromatic N) is 4. The number of methoxy groups -OCH3 is 1. The lowest BCUT2D eigenvalue weighted by Gasteiger charge is -2.41. The maximum Gasteiger partial charge on any atom is 0.226 e. The number of hydrogen-bond acceptors (Lipinski definition) is 5. The highest BCUT2D eigenvalue weighted by Crippen LogP contribution is 2.41. The molecule has 3 aromatic rings. The van der Waals surface area contributed by atoms with Gasteiger partial charge in [0.25, 0.3) is 0 Å². The summed E-state index contributed by atoms with van der Waals surface area (Å²) in [7, 11) is 1.62. The molecule has 0 aliphatic carbocycles. The molecule has 1 aliphatic rings. The first-order valence-electron chi connectivity index (χ1n) is 12.2. The van der Waals surface area contributed by atoms with Crippen LogP contribution in [0.5, 0.6) is 5.75 Å². The third-order valence-electron chi connectivity index (χ3n) is 6.69. The topological polar surface area (TPSA) is 89.4 Å². The largest absolute Gasteiger partial charge is 0.496 e. The summed E-state index contributed by atoms with van der Waals surface area (Å²) in [5.41, 5.74) is 2.77. The fourth-order valence-electron chi connectivity index (χ4n) is 4.78. The maximum atomic E-state index is 13.6. The van der Waals surface area contributed by atoms with Gasteiger partial charge >= 0.3 is 0 Å². The van der Waals surface area contributed by atoms with Gasteiger partial charge in [0.05, 0.1) is 30.8 Å². The van der Waals surface area contributed by atoms with Crippen molar-refractivity contribution in [2.75, 3.05) is 13.7 Å². The van der Waals surface area contributed by atoms with Crippen LogP contribution in [0.15, 0.2) is 61.2 Å². The number of carbonyl (C=O) groups is 2. The lowest BCUT2D eigenvalue weighted by Crippen LogP contribution is -2.48. The van der Waals surface area contributed by atoms with Crippen molar-refractivity contribution < 1.29 is 14.3 Å². The number of piperidine rings is 1. The van der Waals surface area contributed by atoms with Crippen molar-refractivity contribution in [3.05, 3.63) is 72.3 Å². The lowest BCUT2D eigenvalue weighted by molar-refractivity contribution is -0.143. The highest BCUT2D eigenvalue weighted by Gasteiger charge is 2.41. The van der Waals surface area contributed by atoms with E-state index >= 15 is 0 Å². The first kappa shape index (κ1) is 24.4. The number of likely N-dealkylation sites (tertiary alicyclic amines) is 1. The molecule has 3 unspecified atom stereocenters. The molecule has 8 nitrogen and oxygen atoms in total. The average molecular weight is 476 g/mol. The molecule has 1 aliphatic heterocycles. The van der Waals surface area contributed by atoms with Crippen LogP contribution in [0.3, 0.4) is 0 Å². The molecule has 1 aromatic heterocycles. The van der Waals surface area contributed by atoms with E-state index in [2.05, 4.69) is 22.3 Å². The van der Waals surface area contributed by atoms with Crippen LogP contribution in [0.2, 0.25) is 0 Å². The van der Waals surface area contributed by atoms with E-state index in [1.807, 2.05) is 60.4 Å². The Balaban J connectivity index is 1.56. The van der Waals surface area contributed by atoms with Gasteiger partial charge in [-0.05, 0) is 43.5 Å². The molecule has 1 N–H and O–H groups in total. The SMILES string of the molecule is CCCCN1C(=O)CCC(C(=O)NC(C)c2ccc(-n3cncn3)cc2)C1c1ccccc1OC. The number of para-hydroxylation sites is 1. The van der Waals surface area contributed by atoms with Gasteiger partial charge in [0.1, 0.15) is 18.4 Å². The normalized spacial score (nSPS) is 18.8. The second kappa shape index (κ2) is 11.2. The van der Waals surface area contributed by atoms with Crippen LogP contribution < -0.4 is 10.1 Å². The molecule has 1 saturated heterocycles. The smallest absolute Gasteiger partial charge is 0.226 e. The number of unbranched alkanes of at least 4 members (excludes halogenated alkanes) is 1. The van der Waals surface area contributed by atoms with Crippen LogP contribution >= 0.6 is 0 Å². The summed E-state index contributed by atoms with van der Waals surface area (Å²) in [5, 5.41) is 7.35. The Morgan fingerprint density at radius 3 is 2.66 bits per heavy atom. The van der Waals surface area contributed by atoms with Gasteiger partial charge in [0.2, 0.25) is 11.8 Å². The van der Waals surface area contributed by atoms with Crippen LogP contribution in [-0.4, -0.2) is 45.1 Å². The summed E-state index contributed by atoms with van der Waals surface area (Å²) in [4.78, 5) is 32.5. The standard InChI is InChI=1S/C27H33N5O3/c1-4-5-16-31-25(33)15-14-23(26(31)22-8-6-7-9-24(22)35-3)27(34)30-19(2)20-10-12-21(13-11-20)32-18-28-17-29-32/h6-13,17-19,23,26H,4-5,14-16H2,1-3H3,(H,30,34). The van der Waals surface area contributed by atoms with Crippen molar-refractivity contribution in [3.63, 3.8) is 0 Å². The Hall–Kier alpha value is -3.68. The van der Waals surface area contributed by atoms with Crippen LogP contribution in [-0.2, 0) is 9.59 Å². The van der Waals surface area contributed by atoms with E-state index in [1.165, 1.54) is 6.33 Å². The van der Waals surface area contributed by atoms with Gasteiger partial charge in [-0.1, -0.05) is 43.7 Å². The van der Waals surface area contributed by atoms with Crippen LogP contribution in [0.25, 0.3) is 5.69 Å². The van der Waals surface area contributed by atoms with Gasteiger partial charge in [-0.25, -0.2) is 9.67 Å². The Kier molecular flexibility index (Phi) is 7.80. The minimum Gasteiger partial charge on any atom is -0.496 e. The van der Waals surface area contributed by atoms with E-state index < -0.39 is 0 Å². The molecule has 1 fully saturated rings. The predicted molar refractivity (Wildman–Crippen MR) is 133 cm³/mol. The number of ether oxygens (including phenoxy) is 1. The Morgan fingerprint density at radius 1 is 1.20 bits per heavy atom. The molecule has 0 spiro atoms. The van der Waals surface area contributed by atoms with Gasteiger partial charge in [-0.3, -0.25) is 9.59 Å². The second-order valence-electron chi connectivity index (χ2n) is 8.93. The zero-order valence-electron chi connectivity index (χ0n) is 20.6. The van der Waals surface area contributed by atoms with Crippen molar-refractivity contribution in [2.45, 2.75) is 51.6 Å². The third-order valence-corrected chi connectivity index (χ3v) is 6.69. The third kappa shape index (κ3) is 5.37. The van der Waals surface area contributed by atoms with Crippen molar-refractivity contribution in [3.8, 4) is 11.4 Å². The van der Waals surface area contributed by atoms with Gasteiger partial charge in [0.15, 0.2) is 0 Å². The maximum absolute atomic E-state index is 13.6. The lowest BCUT2D eigenvalue weighted by atomic mass is 9.82. The zero-order chi connectivity index (χ0) is 24.8. The molecule has 8 heteroatoms. The quantitative estimate of drug-likeness (QED) is 0.500. The fourth-order valence-corrected chi connectivity index (χ4v) is 4.78. The first-order chi connectivity index (χ1) is 17.0. The molecule has 2 amide bonds. The molecule has 184 valence electrons. The monoisotopic (exact) mass is 475 g/mol. The molecule has 2 aromatic carbocycles. The van der Waals surface area contributed by atoms with Crippen molar-refractivity contribution in [2.24, 2.45) is 5.92 Å². The van der Waals surface area contributed by atoms with Gasteiger partial charge in [-0.2, -0.15) is 5.10 Å². The number of hydrogen-bond donors (Lipinski definition) is 1. The van der Waals surface area contributed by atoms with Crippen LogP contribution in [0.1, 0.15) is 62.7 Å². The molecule has 0 radical (unpaired) electrons. The first-order valence-corrected chi connectivity index (χ1v) is 12.2. The molecule has 4 rings (SSSR count). The fraction of sp³-hybridized carbons (Fsp3) is 0.407. The molecule has 0 saturated carbocycles. The van der Waals surface area contributed by atoms with E-state index in [4.69, 9.17) is 4.74 Å². The number of amides is 2. The van der Waals surface area contributed by atoms with E-state index in [0.717, 1.165) is 29.7 Å². The molecular formula is C27H33N5O3. The Bertz CT molecular complexity index is 1130. The molecule has 2 heterocycles. The zero-order valence-corrected chi connectivity index (χ0v) is 20.6. The van der Waals surface area contributed by atoms with E-state index in [9.17, 15) is 9.59 Å². The summed E-state index contributed by atoms with van der Waals surface area (Å²) in [5.74, 6) is 0.374. The number of aromatic nitrogens is 3. The average Bonchev–Trinajstić information content (AvgIpc) is 3.43. The number of rotatable bonds is 9. The summed E-state index contributed by atoms with van der Waals surface area (Å²) in [6.07, 6.45) is 5.88. The second-order valence-corrected chi connectivity index (χ2v) is 8.93. The number of benzene rings is 2. The van der Waals surface area contributed by atoms with Crippen LogP contribution in [0, 0.1) is 5.92 Å². The number of nitrogens with one attached hydrogen (secondary N) is 1. The van der Waals surface area contributed by atoms with Gasteiger partial charge in [-0.15, -0.1) is 0 Å². The van der Waals surface area contributed by atoms with Crippen molar-refractivity contribution in [1.82, 2.24) is 25.0 Å². The Morgan fingerprint density at radius 2 is 1.97 bits per heavy atom. The molecule has 0 bridgehead atoms. The highest BCUT2D eigenvalue weighted by atomic mass is 16.5. The predicted octanol–water partition coefficient (Wildman–Crippen LogP) is 4.23. The van der Waals surface area contributed by atoms with Crippen molar-refractivity contribution >= 4 is 11.8 Å². The summed E-state index contributed by atoms with van der Waals surface area (Å²) < 4.78 is 7.31. The van der Waals surface area contributed by atoms with Gasteiger partial charge in [0, 0.05) is 18.5 Å². The van der Waals surface area contributed by atoms with Gasteiger partial charge < -0.3 is 15.0 Å². The molecule has 35 heavy (non-hydrogen) atoms.